The molecule has 3 aromatic rings. The van der Waals surface area contributed by atoms with E-state index in [1.54, 1.807) is 7.11 Å². The van der Waals surface area contributed by atoms with Crippen molar-refractivity contribution in [2.75, 3.05) is 17.7 Å². The molecule has 0 fully saturated rings. The molecule has 0 aliphatic carbocycles. The zero-order chi connectivity index (χ0) is 17.3. The van der Waals surface area contributed by atoms with Crippen LogP contribution in [0.3, 0.4) is 0 Å². The molecule has 4 nitrogen and oxygen atoms in total. The first kappa shape index (κ1) is 15.3. The average molecular weight is 330 g/mol. The van der Waals surface area contributed by atoms with Gasteiger partial charge in [-0.2, -0.15) is 0 Å². The zero-order valence-corrected chi connectivity index (χ0v) is 13.8. The molecule has 4 heteroatoms. The molecule has 1 aliphatic heterocycles. The third-order valence-electron chi connectivity index (χ3n) is 4.55. The average Bonchev–Trinajstić information content (AvgIpc) is 2.95. The zero-order valence-electron chi connectivity index (χ0n) is 13.8. The van der Waals surface area contributed by atoms with Crippen molar-refractivity contribution in [3.05, 3.63) is 90.0 Å². The van der Waals surface area contributed by atoms with Gasteiger partial charge < -0.3 is 15.4 Å². The molecular weight excluding hydrogens is 312 g/mol. The Kier molecular flexibility index (Phi) is 3.65. The van der Waals surface area contributed by atoms with Gasteiger partial charge in [-0.1, -0.05) is 48.5 Å². The standard InChI is InChI=1S/C21H18N2O2/c1-25-17-13-11-16(12-14-17)23-21(15-7-3-2-4-8-15)18-9-5-6-10-19(18)22-20(21)24/h2-14,23H,1H3,(H,22,24)/t21-/m0/s1. The van der Waals surface area contributed by atoms with Crippen molar-refractivity contribution >= 4 is 17.3 Å². The van der Waals surface area contributed by atoms with Crippen LogP contribution in [0, 0.1) is 0 Å². The maximum Gasteiger partial charge on any atom is 0.259 e. The number of amides is 1. The molecular formula is C21H18N2O2. The van der Waals surface area contributed by atoms with E-state index in [2.05, 4.69) is 10.6 Å². The van der Waals surface area contributed by atoms with Crippen LogP contribution in [-0.2, 0) is 10.3 Å². The van der Waals surface area contributed by atoms with Crippen LogP contribution in [0.25, 0.3) is 0 Å². The second-order valence-corrected chi connectivity index (χ2v) is 5.97. The van der Waals surface area contributed by atoms with E-state index in [0.717, 1.165) is 28.3 Å². The van der Waals surface area contributed by atoms with Gasteiger partial charge in [-0.15, -0.1) is 0 Å². The lowest BCUT2D eigenvalue weighted by Gasteiger charge is -2.30. The Morgan fingerprint density at radius 2 is 1.56 bits per heavy atom. The topological polar surface area (TPSA) is 50.4 Å². The van der Waals surface area contributed by atoms with E-state index < -0.39 is 5.54 Å². The highest BCUT2D eigenvalue weighted by molar-refractivity contribution is 6.10. The Balaban J connectivity index is 1.87. The molecule has 1 heterocycles. The van der Waals surface area contributed by atoms with Gasteiger partial charge in [0.1, 0.15) is 5.75 Å². The number of ether oxygens (including phenoxy) is 1. The van der Waals surface area contributed by atoms with Crippen molar-refractivity contribution in [2.24, 2.45) is 0 Å². The van der Waals surface area contributed by atoms with Gasteiger partial charge >= 0.3 is 0 Å². The van der Waals surface area contributed by atoms with Crippen LogP contribution in [-0.4, -0.2) is 13.0 Å². The van der Waals surface area contributed by atoms with Gasteiger partial charge in [0.25, 0.3) is 5.91 Å². The lowest BCUT2D eigenvalue weighted by molar-refractivity contribution is -0.118. The predicted molar refractivity (Wildman–Crippen MR) is 98.9 cm³/mol. The summed E-state index contributed by atoms with van der Waals surface area (Å²) in [5, 5.41) is 6.46. The van der Waals surface area contributed by atoms with Crippen molar-refractivity contribution < 1.29 is 9.53 Å². The Bertz CT molecular complexity index is 907. The molecule has 0 unspecified atom stereocenters. The normalized spacial score (nSPS) is 18.4. The fourth-order valence-corrected chi connectivity index (χ4v) is 3.32. The van der Waals surface area contributed by atoms with E-state index >= 15 is 0 Å². The fourth-order valence-electron chi connectivity index (χ4n) is 3.32. The minimum atomic E-state index is -0.966. The number of carbonyl (C=O) groups excluding carboxylic acids is 1. The van der Waals surface area contributed by atoms with Gasteiger partial charge in [0, 0.05) is 16.9 Å². The number of nitrogens with one attached hydrogen (secondary N) is 2. The van der Waals surface area contributed by atoms with Gasteiger partial charge in [0.2, 0.25) is 0 Å². The minimum absolute atomic E-state index is 0.0873. The molecule has 2 N–H and O–H groups in total. The number of anilines is 2. The third kappa shape index (κ3) is 2.43. The van der Waals surface area contributed by atoms with E-state index in [1.807, 2.05) is 78.9 Å². The number of rotatable bonds is 4. The summed E-state index contributed by atoms with van der Waals surface area (Å²) < 4.78 is 5.22. The molecule has 0 saturated carbocycles. The molecule has 0 spiro atoms. The molecule has 0 bridgehead atoms. The van der Waals surface area contributed by atoms with Gasteiger partial charge in [0.05, 0.1) is 7.11 Å². The highest BCUT2D eigenvalue weighted by Crippen LogP contribution is 2.43. The number of hydrogen-bond donors (Lipinski definition) is 2. The quantitative estimate of drug-likeness (QED) is 0.760. The first-order chi connectivity index (χ1) is 12.2. The van der Waals surface area contributed by atoms with Crippen LogP contribution in [0.15, 0.2) is 78.9 Å². The molecule has 1 aliphatic rings. The van der Waals surface area contributed by atoms with Crippen LogP contribution < -0.4 is 15.4 Å². The van der Waals surface area contributed by atoms with Gasteiger partial charge in [-0.25, -0.2) is 0 Å². The molecule has 0 saturated heterocycles. The van der Waals surface area contributed by atoms with Crippen LogP contribution >= 0.6 is 0 Å². The van der Waals surface area contributed by atoms with E-state index in [-0.39, 0.29) is 5.91 Å². The summed E-state index contributed by atoms with van der Waals surface area (Å²) in [6.07, 6.45) is 0. The van der Waals surface area contributed by atoms with Crippen molar-refractivity contribution in [2.45, 2.75) is 5.54 Å². The summed E-state index contributed by atoms with van der Waals surface area (Å²) in [5.41, 5.74) is 2.52. The maximum atomic E-state index is 13.1. The van der Waals surface area contributed by atoms with Crippen LogP contribution in [0.5, 0.6) is 5.75 Å². The monoisotopic (exact) mass is 330 g/mol. The van der Waals surface area contributed by atoms with Crippen LogP contribution in [0.2, 0.25) is 0 Å². The highest BCUT2D eigenvalue weighted by Gasteiger charge is 2.48. The van der Waals surface area contributed by atoms with Crippen molar-refractivity contribution in [3.8, 4) is 5.75 Å². The molecule has 4 rings (SSSR count). The number of hydrogen-bond acceptors (Lipinski definition) is 3. The van der Waals surface area contributed by atoms with Gasteiger partial charge in [-0.05, 0) is 35.9 Å². The molecule has 25 heavy (non-hydrogen) atoms. The number of fused-ring (bicyclic) bond motifs is 1. The van der Waals surface area contributed by atoms with Crippen molar-refractivity contribution in [3.63, 3.8) is 0 Å². The lowest BCUT2D eigenvalue weighted by Crippen LogP contribution is -2.43. The summed E-state index contributed by atoms with van der Waals surface area (Å²) in [7, 11) is 1.63. The summed E-state index contributed by atoms with van der Waals surface area (Å²) in [6.45, 7) is 0. The largest absolute Gasteiger partial charge is 0.497 e. The smallest absolute Gasteiger partial charge is 0.259 e. The van der Waals surface area contributed by atoms with Crippen LogP contribution in [0.1, 0.15) is 11.1 Å². The second kappa shape index (κ2) is 5.98. The number of benzene rings is 3. The first-order valence-corrected chi connectivity index (χ1v) is 8.13. The summed E-state index contributed by atoms with van der Waals surface area (Å²) in [5.74, 6) is 0.686. The van der Waals surface area contributed by atoms with Gasteiger partial charge in [0.15, 0.2) is 5.54 Å². The molecule has 0 radical (unpaired) electrons. The Hall–Kier alpha value is -3.27. The lowest BCUT2D eigenvalue weighted by atomic mass is 9.83. The Morgan fingerprint density at radius 1 is 0.880 bits per heavy atom. The molecule has 1 atom stereocenters. The van der Waals surface area contributed by atoms with Crippen molar-refractivity contribution in [1.82, 2.24) is 0 Å². The van der Waals surface area contributed by atoms with Crippen LogP contribution in [0.4, 0.5) is 11.4 Å². The van der Waals surface area contributed by atoms with Gasteiger partial charge in [-0.3, -0.25) is 4.79 Å². The third-order valence-corrected chi connectivity index (χ3v) is 4.55. The summed E-state index contributed by atoms with van der Waals surface area (Å²) in [4.78, 5) is 13.1. The van der Waals surface area contributed by atoms with E-state index in [4.69, 9.17) is 4.74 Å². The Labute approximate surface area is 146 Å². The molecule has 3 aromatic carbocycles. The van der Waals surface area contributed by atoms with E-state index in [1.165, 1.54) is 0 Å². The number of methoxy groups -OCH3 is 1. The summed E-state index contributed by atoms with van der Waals surface area (Å²) in [6, 6.07) is 25.1. The minimum Gasteiger partial charge on any atom is -0.497 e. The van der Waals surface area contributed by atoms with E-state index in [0.29, 0.717) is 0 Å². The Morgan fingerprint density at radius 3 is 2.28 bits per heavy atom. The SMILES string of the molecule is COc1ccc(N[C@]2(c3ccccc3)C(=O)Nc3ccccc32)cc1. The van der Waals surface area contributed by atoms with E-state index in [9.17, 15) is 4.79 Å². The maximum absolute atomic E-state index is 13.1. The molecule has 0 aromatic heterocycles. The van der Waals surface area contributed by atoms with Crippen molar-refractivity contribution in [1.29, 1.82) is 0 Å². The molecule has 1 amide bonds. The first-order valence-electron chi connectivity index (χ1n) is 8.13. The molecule has 124 valence electrons. The number of para-hydroxylation sites is 1. The second-order valence-electron chi connectivity index (χ2n) is 5.97. The number of carbonyl (C=O) groups is 1. The fraction of sp³-hybridized carbons (Fsp3) is 0.0952. The predicted octanol–water partition coefficient (Wildman–Crippen LogP) is 4.00. The highest BCUT2D eigenvalue weighted by atomic mass is 16.5. The summed E-state index contributed by atoms with van der Waals surface area (Å²) >= 11 is 0.